The first-order valence-corrected chi connectivity index (χ1v) is 6.09. The van der Waals surface area contributed by atoms with Gasteiger partial charge in [0.1, 0.15) is 0 Å². The number of allylic oxidation sites excluding steroid dienone is 4. The number of cyclic esters (lactones) is 1. The molecule has 0 amide bonds. The van der Waals surface area contributed by atoms with Crippen molar-refractivity contribution in [1.29, 1.82) is 0 Å². The Labute approximate surface area is 108 Å². The van der Waals surface area contributed by atoms with Gasteiger partial charge in [-0.15, -0.1) is 0 Å². The van der Waals surface area contributed by atoms with Crippen LogP contribution in [0.5, 0.6) is 0 Å². The Hall–Kier alpha value is -1.64. The van der Waals surface area contributed by atoms with Gasteiger partial charge < -0.3 is 4.74 Å². The van der Waals surface area contributed by atoms with Gasteiger partial charge in [-0.05, 0) is 33.3 Å². The highest BCUT2D eigenvalue weighted by Crippen LogP contribution is 2.23. The summed E-state index contributed by atoms with van der Waals surface area (Å²) in [4.78, 5) is 22.7. The van der Waals surface area contributed by atoms with Gasteiger partial charge in [0, 0.05) is 17.9 Å². The standard InChI is InChI=1S/C15H20O3/c1-10(2)7-14(16)8-11(3)5-6-13-9-18-15(17)12(13)4/h5,7,13H,4,6,8-9H2,1-3H3/b11-5+. The zero-order valence-corrected chi connectivity index (χ0v) is 11.3. The second kappa shape index (κ2) is 6.34. The molecule has 3 heteroatoms. The fraction of sp³-hybridized carbons (Fsp3) is 0.467. The fourth-order valence-electron chi connectivity index (χ4n) is 1.81. The average molecular weight is 248 g/mol. The molecule has 1 heterocycles. The van der Waals surface area contributed by atoms with Crippen molar-refractivity contribution >= 4 is 11.8 Å². The van der Waals surface area contributed by atoms with E-state index in [-0.39, 0.29) is 17.7 Å². The highest BCUT2D eigenvalue weighted by molar-refractivity contribution is 5.92. The lowest BCUT2D eigenvalue weighted by Gasteiger charge is -2.04. The van der Waals surface area contributed by atoms with Crippen LogP contribution < -0.4 is 0 Å². The van der Waals surface area contributed by atoms with Crippen LogP contribution in [0.15, 0.2) is 35.5 Å². The normalized spacial score (nSPS) is 19.7. The van der Waals surface area contributed by atoms with Gasteiger partial charge in [0.15, 0.2) is 5.78 Å². The summed E-state index contributed by atoms with van der Waals surface area (Å²) >= 11 is 0. The van der Waals surface area contributed by atoms with Crippen molar-refractivity contribution < 1.29 is 14.3 Å². The maximum atomic E-state index is 11.6. The highest BCUT2D eigenvalue weighted by atomic mass is 16.5. The van der Waals surface area contributed by atoms with Crippen LogP contribution in [-0.2, 0) is 14.3 Å². The van der Waals surface area contributed by atoms with Gasteiger partial charge in [-0.3, -0.25) is 4.79 Å². The predicted molar refractivity (Wildman–Crippen MR) is 71.0 cm³/mol. The third-order valence-electron chi connectivity index (χ3n) is 2.82. The molecule has 1 rings (SSSR count). The topological polar surface area (TPSA) is 43.4 Å². The van der Waals surface area contributed by atoms with Crippen molar-refractivity contribution in [2.75, 3.05) is 6.61 Å². The molecule has 1 fully saturated rings. The molecule has 1 unspecified atom stereocenters. The quantitative estimate of drug-likeness (QED) is 0.427. The molecule has 18 heavy (non-hydrogen) atoms. The Balaban J connectivity index is 2.48. The third kappa shape index (κ3) is 4.32. The van der Waals surface area contributed by atoms with Gasteiger partial charge in [0.05, 0.1) is 6.61 Å². The van der Waals surface area contributed by atoms with Crippen LogP contribution in [0.4, 0.5) is 0 Å². The van der Waals surface area contributed by atoms with Crippen molar-refractivity contribution in [3.05, 3.63) is 35.5 Å². The Kier molecular flexibility index (Phi) is 5.08. The molecule has 0 N–H and O–H groups in total. The SMILES string of the molecule is C=C1C(=O)OCC1C/C=C(\C)CC(=O)C=C(C)C. The van der Waals surface area contributed by atoms with E-state index in [4.69, 9.17) is 4.74 Å². The van der Waals surface area contributed by atoms with Crippen molar-refractivity contribution in [2.45, 2.75) is 33.6 Å². The Bertz CT molecular complexity index is 423. The number of hydrogen-bond donors (Lipinski definition) is 0. The maximum absolute atomic E-state index is 11.6. The Morgan fingerprint density at radius 2 is 2.11 bits per heavy atom. The number of ketones is 1. The van der Waals surface area contributed by atoms with Gasteiger partial charge in [-0.2, -0.15) is 0 Å². The molecule has 0 aliphatic carbocycles. The van der Waals surface area contributed by atoms with Crippen LogP contribution in [-0.4, -0.2) is 18.4 Å². The van der Waals surface area contributed by atoms with Crippen LogP contribution in [0.3, 0.4) is 0 Å². The summed E-state index contributed by atoms with van der Waals surface area (Å²) in [7, 11) is 0. The molecule has 1 aliphatic rings. The van der Waals surface area contributed by atoms with Gasteiger partial charge in [-0.25, -0.2) is 4.79 Å². The predicted octanol–water partition coefficient (Wildman–Crippen LogP) is 2.98. The van der Waals surface area contributed by atoms with Gasteiger partial charge in [0.2, 0.25) is 0 Å². The zero-order valence-electron chi connectivity index (χ0n) is 11.3. The minimum Gasteiger partial charge on any atom is -0.462 e. The monoisotopic (exact) mass is 248 g/mol. The second-order valence-corrected chi connectivity index (χ2v) is 4.97. The first-order chi connectivity index (χ1) is 8.40. The summed E-state index contributed by atoms with van der Waals surface area (Å²) in [6.07, 6.45) is 4.78. The molecule has 0 aromatic heterocycles. The second-order valence-electron chi connectivity index (χ2n) is 4.97. The van der Waals surface area contributed by atoms with Gasteiger partial charge in [-0.1, -0.05) is 23.8 Å². The number of carbonyl (C=O) groups is 2. The summed E-state index contributed by atoms with van der Waals surface area (Å²) in [6, 6.07) is 0. The Morgan fingerprint density at radius 1 is 1.44 bits per heavy atom. The van der Waals surface area contributed by atoms with Crippen LogP contribution >= 0.6 is 0 Å². The molecule has 1 atom stereocenters. The van der Waals surface area contributed by atoms with Crippen LogP contribution in [0.2, 0.25) is 0 Å². The van der Waals surface area contributed by atoms with Gasteiger partial charge >= 0.3 is 5.97 Å². The lowest BCUT2D eigenvalue weighted by molar-refractivity contribution is -0.135. The molecule has 98 valence electrons. The number of esters is 1. The minimum atomic E-state index is -0.299. The minimum absolute atomic E-state index is 0.0611. The molecule has 0 saturated carbocycles. The summed E-state index contributed by atoms with van der Waals surface area (Å²) in [6.45, 7) is 9.86. The molecule has 0 aromatic rings. The lowest BCUT2D eigenvalue weighted by atomic mass is 9.98. The van der Waals surface area contributed by atoms with E-state index in [1.54, 1.807) is 6.08 Å². The van der Waals surface area contributed by atoms with E-state index in [9.17, 15) is 9.59 Å². The zero-order chi connectivity index (χ0) is 13.7. The first-order valence-electron chi connectivity index (χ1n) is 6.09. The van der Waals surface area contributed by atoms with Crippen LogP contribution in [0.1, 0.15) is 33.6 Å². The van der Waals surface area contributed by atoms with E-state index in [0.29, 0.717) is 25.0 Å². The van der Waals surface area contributed by atoms with Gasteiger partial charge in [0.25, 0.3) is 0 Å². The number of hydrogen-bond acceptors (Lipinski definition) is 3. The fourth-order valence-corrected chi connectivity index (χ4v) is 1.81. The van der Waals surface area contributed by atoms with E-state index < -0.39 is 0 Å². The number of ether oxygens (including phenoxy) is 1. The molecule has 0 radical (unpaired) electrons. The van der Waals surface area contributed by atoms with E-state index in [1.807, 2.05) is 26.8 Å². The van der Waals surface area contributed by atoms with Crippen molar-refractivity contribution in [3.63, 3.8) is 0 Å². The first kappa shape index (κ1) is 14.4. The van der Waals surface area contributed by atoms with E-state index in [0.717, 1.165) is 11.1 Å². The molecule has 1 aliphatic heterocycles. The van der Waals surface area contributed by atoms with E-state index in [1.165, 1.54) is 0 Å². The highest BCUT2D eigenvalue weighted by Gasteiger charge is 2.27. The third-order valence-corrected chi connectivity index (χ3v) is 2.82. The Morgan fingerprint density at radius 3 is 2.61 bits per heavy atom. The molecule has 0 spiro atoms. The smallest absolute Gasteiger partial charge is 0.333 e. The van der Waals surface area contributed by atoms with E-state index in [2.05, 4.69) is 6.58 Å². The molecular weight excluding hydrogens is 228 g/mol. The maximum Gasteiger partial charge on any atom is 0.333 e. The molecule has 1 saturated heterocycles. The summed E-state index contributed by atoms with van der Waals surface area (Å²) in [5.74, 6) is -0.126. The van der Waals surface area contributed by atoms with Crippen LogP contribution in [0.25, 0.3) is 0 Å². The summed E-state index contributed by atoms with van der Waals surface area (Å²) in [5.41, 5.74) is 2.57. The number of rotatable bonds is 5. The van der Waals surface area contributed by atoms with Crippen LogP contribution in [0, 0.1) is 5.92 Å². The van der Waals surface area contributed by atoms with Crippen molar-refractivity contribution in [2.24, 2.45) is 5.92 Å². The van der Waals surface area contributed by atoms with Crippen molar-refractivity contribution in [3.8, 4) is 0 Å². The molecular formula is C15H20O3. The lowest BCUT2D eigenvalue weighted by Crippen LogP contribution is -2.01. The molecule has 3 nitrogen and oxygen atoms in total. The van der Waals surface area contributed by atoms with E-state index >= 15 is 0 Å². The van der Waals surface area contributed by atoms with Crippen molar-refractivity contribution in [1.82, 2.24) is 0 Å². The number of carbonyl (C=O) groups excluding carboxylic acids is 2. The molecule has 0 bridgehead atoms. The largest absolute Gasteiger partial charge is 0.462 e. The average Bonchev–Trinajstić information content (AvgIpc) is 2.56. The molecule has 0 aromatic carbocycles. The summed E-state index contributed by atoms with van der Waals surface area (Å²) < 4.78 is 4.90. The summed E-state index contributed by atoms with van der Waals surface area (Å²) in [5, 5.41) is 0.